The average molecular weight is 132 g/mol. The predicted molar refractivity (Wildman–Crippen MR) is 28.0 cm³/mol. The van der Waals surface area contributed by atoms with Crippen molar-refractivity contribution in [2.75, 3.05) is 13.2 Å². The second-order valence-corrected chi connectivity index (χ2v) is 2.05. The van der Waals surface area contributed by atoms with Crippen molar-refractivity contribution in [2.45, 2.75) is 6.10 Å². The van der Waals surface area contributed by atoms with Gasteiger partial charge in [0.25, 0.3) is 0 Å². The van der Waals surface area contributed by atoms with Gasteiger partial charge < -0.3 is 14.9 Å². The Morgan fingerprint density at radius 2 is 2.22 bits per heavy atom. The molecule has 0 amide bonds. The Morgan fingerprint density at radius 3 is 2.44 bits per heavy atom. The first kappa shape index (κ1) is 6.51. The van der Waals surface area contributed by atoms with Gasteiger partial charge in [-0.2, -0.15) is 0 Å². The molecule has 1 aliphatic rings. The molecule has 4 heteroatoms. The number of carboxylic acid groups (broad SMARTS) is 1. The monoisotopic (exact) mass is 132 g/mol. The number of ether oxygens (including phenoxy) is 1. The summed E-state index contributed by atoms with van der Waals surface area (Å²) in [5.74, 6) is -1.70. The summed E-state index contributed by atoms with van der Waals surface area (Å²) in [5, 5.41) is 17.2. The van der Waals surface area contributed by atoms with E-state index in [1.807, 2.05) is 0 Å². The molecule has 52 valence electrons. The topological polar surface area (TPSA) is 66.8 Å². The van der Waals surface area contributed by atoms with E-state index in [-0.39, 0.29) is 13.2 Å². The number of aliphatic hydroxyl groups excluding tert-OH is 1. The maximum absolute atomic E-state index is 10.2. The number of aliphatic hydroxyl groups is 1. The molecule has 1 rings (SSSR count). The lowest BCUT2D eigenvalue weighted by Crippen LogP contribution is -2.25. The van der Waals surface area contributed by atoms with Gasteiger partial charge in [-0.05, 0) is 0 Å². The molecule has 1 heterocycles. The summed E-state index contributed by atoms with van der Waals surface area (Å²) < 4.78 is 4.70. The van der Waals surface area contributed by atoms with Crippen molar-refractivity contribution >= 4 is 5.97 Å². The quantitative estimate of drug-likeness (QED) is 0.484. The van der Waals surface area contributed by atoms with Gasteiger partial charge in [0.1, 0.15) is 5.92 Å². The number of aliphatic carboxylic acids is 1. The van der Waals surface area contributed by atoms with Gasteiger partial charge in [-0.15, -0.1) is 0 Å². The Morgan fingerprint density at radius 1 is 1.56 bits per heavy atom. The Hall–Kier alpha value is -0.610. The maximum atomic E-state index is 10.2. The summed E-state index contributed by atoms with van der Waals surface area (Å²) in [6.45, 7) is 0.285. The maximum Gasteiger partial charge on any atom is 0.311 e. The Bertz CT molecular complexity index is 122. The normalized spacial score (nSPS) is 34.8. The van der Waals surface area contributed by atoms with Crippen molar-refractivity contribution in [1.82, 2.24) is 0 Å². The molecule has 0 aromatic carbocycles. The van der Waals surface area contributed by atoms with E-state index in [2.05, 4.69) is 0 Å². The third-order valence-electron chi connectivity index (χ3n) is 1.37. The first-order valence-corrected chi connectivity index (χ1v) is 2.70. The molecule has 0 bridgehead atoms. The number of carboxylic acids is 1. The zero-order chi connectivity index (χ0) is 6.85. The van der Waals surface area contributed by atoms with E-state index in [0.717, 1.165) is 0 Å². The minimum atomic E-state index is -0.986. The first-order valence-electron chi connectivity index (χ1n) is 2.70. The number of rotatable bonds is 1. The van der Waals surface area contributed by atoms with Gasteiger partial charge in [0.05, 0.1) is 19.3 Å². The third-order valence-corrected chi connectivity index (χ3v) is 1.37. The lowest BCUT2D eigenvalue weighted by atomic mass is 10.1. The molecule has 0 aromatic rings. The van der Waals surface area contributed by atoms with Crippen LogP contribution in [0.4, 0.5) is 0 Å². The smallest absolute Gasteiger partial charge is 0.311 e. The van der Waals surface area contributed by atoms with Crippen LogP contribution in [-0.4, -0.2) is 35.5 Å². The highest BCUT2D eigenvalue weighted by molar-refractivity contribution is 5.71. The molecule has 0 radical (unpaired) electrons. The molecule has 9 heavy (non-hydrogen) atoms. The molecule has 2 unspecified atom stereocenters. The van der Waals surface area contributed by atoms with Gasteiger partial charge in [-0.25, -0.2) is 0 Å². The largest absolute Gasteiger partial charge is 0.481 e. The number of hydrogen-bond donors (Lipinski definition) is 2. The van der Waals surface area contributed by atoms with Crippen LogP contribution >= 0.6 is 0 Å². The summed E-state index contributed by atoms with van der Waals surface area (Å²) in [6, 6.07) is 0. The van der Waals surface area contributed by atoms with Crippen LogP contribution in [0.25, 0.3) is 0 Å². The van der Waals surface area contributed by atoms with Crippen LogP contribution in [0.5, 0.6) is 0 Å². The second kappa shape index (κ2) is 2.33. The van der Waals surface area contributed by atoms with E-state index in [9.17, 15) is 4.79 Å². The van der Waals surface area contributed by atoms with E-state index in [4.69, 9.17) is 14.9 Å². The molecule has 1 aliphatic heterocycles. The summed E-state index contributed by atoms with van der Waals surface area (Å²) in [5.41, 5.74) is 0. The molecule has 1 saturated heterocycles. The van der Waals surface area contributed by atoms with E-state index < -0.39 is 18.0 Å². The Kier molecular flexibility index (Phi) is 1.68. The SMILES string of the molecule is O=C(O)C1COCC1O. The molecular formula is C5H8O4. The lowest BCUT2D eigenvalue weighted by Gasteiger charge is -2.03. The molecule has 0 saturated carbocycles. The molecule has 2 atom stereocenters. The number of carbonyl (C=O) groups is 1. The van der Waals surface area contributed by atoms with Crippen LogP contribution in [0.15, 0.2) is 0 Å². The molecule has 4 nitrogen and oxygen atoms in total. The number of hydrogen-bond acceptors (Lipinski definition) is 3. The summed E-state index contributed by atoms with van der Waals surface area (Å²) >= 11 is 0. The van der Waals surface area contributed by atoms with Gasteiger partial charge in [0.2, 0.25) is 0 Å². The highest BCUT2D eigenvalue weighted by Crippen LogP contribution is 2.12. The van der Waals surface area contributed by atoms with Gasteiger partial charge in [-0.3, -0.25) is 4.79 Å². The standard InChI is InChI=1S/C5H8O4/c6-4-2-9-1-3(4)5(7)8/h3-4,6H,1-2H2,(H,7,8). The lowest BCUT2D eigenvalue weighted by molar-refractivity contribution is -0.144. The predicted octanol–water partition coefficient (Wildman–Crippen LogP) is -0.922. The molecular weight excluding hydrogens is 124 g/mol. The van der Waals surface area contributed by atoms with E-state index >= 15 is 0 Å². The fourth-order valence-corrected chi connectivity index (χ4v) is 0.779. The van der Waals surface area contributed by atoms with Crippen molar-refractivity contribution in [3.63, 3.8) is 0 Å². The van der Waals surface area contributed by atoms with Gasteiger partial charge in [0.15, 0.2) is 0 Å². The second-order valence-electron chi connectivity index (χ2n) is 2.05. The Balaban J connectivity index is 2.49. The van der Waals surface area contributed by atoms with Gasteiger partial charge >= 0.3 is 5.97 Å². The molecule has 2 N–H and O–H groups in total. The Labute approximate surface area is 52.1 Å². The first-order chi connectivity index (χ1) is 4.22. The zero-order valence-electron chi connectivity index (χ0n) is 4.78. The molecule has 1 fully saturated rings. The highest BCUT2D eigenvalue weighted by Gasteiger charge is 2.31. The van der Waals surface area contributed by atoms with Crippen molar-refractivity contribution in [3.05, 3.63) is 0 Å². The van der Waals surface area contributed by atoms with E-state index in [1.54, 1.807) is 0 Å². The summed E-state index contributed by atoms with van der Waals surface area (Å²) in [6.07, 6.45) is -0.817. The minimum Gasteiger partial charge on any atom is -0.481 e. The van der Waals surface area contributed by atoms with Gasteiger partial charge in [0, 0.05) is 0 Å². The summed E-state index contributed by atoms with van der Waals surface area (Å²) in [4.78, 5) is 10.2. The summed E-state index contributed by atoms with van der Waals surface area (Å²) in [7, 11) is 0. The fourth-order valence-electron chi connectivity index (χ4n) is 0.779. The van der Waals surface area contributed by atoms with Crippen LogP contribution in [0, 0.1) is 5.92 Å². The fraction of sp³-hybridized carbons (Fsp3) is 0.800. The third kappa shape index (κ3) is 1.20. The zero-order valence-corrected chi connectivity index (χ0v) is 4.78. The van der Waals surface area contributed by atoms with Crippen LogP contribution in [-0.2, 0) is 9.53 Å². The average Bonchev–Trinajstić information content (AvgIpc) is 2.13. The molecule has 0 aromatic heterocycles. The highest BCUT2D eigenvalue weighted by atomic mass is 16.5. The van der Waals surface area contributed by atoms with Crippen molar-refractivity contribution in [1.29, 1.82) is 0 Å². The van der Waals surface area contributed by atoms with Crippen LogP contribution in [0.3, 0.4) is 0 Å². The van der Waals surface area contributed by atoms with E-state index in [0.29, 0.717) is 0 Å². The van der Waals surface area contributed by atoms with Gasteiger partial charge in [-0.1, -0.05) is 0 Å². The minimum absolute atomic E-state index is 0.135. The van der Waals surface area contributed by atoms with Crippen LogP contribution in [0.2, 0.25) is 0 Å². The van der Waals surface area contributed by atoms with Crippen LogP contribution < -0.4 is 0 Å². The van der Waals surface area contributed by atoms with Crippen LogP contribution in [0.1, 0.15) is 0 Å². The van der Waals surface area contributed by atoms with Crippen molar-refractivity contribution in [2.24, 2.45) is 5.92 Å². The van der Waals surface area contributed by atoms with Crippen molar-refractivity contribution in [3.8, 4) is 0 Å². The van der Waals surface area contributed by atoms with E-state index in [1.165, 1.54) is 0 Å². The molecule has 0 spiro atoms. The van der Waals surface area contributed by atoms with Crippen molar-refractivity contribution < 1.29 is 19.7 Å². The molecule has 0 aliphatic carbocycles.